The average Bonchev–Trinajstić information content (AvgIpc) is 2.54. The van der Waals surface area contributed by atoms with Crippen LogP contribution in [0.15, 0.2) is 18.3 Å². The zero-order valence-electron chi connectivity index (χ0n) is 13.1. The van der Waals surface area contributed by atoms with Crippen molar-refractivity contribution in [3.8, 4) is 11.5 Å². The van der Waals surface area contributed by atoms with Crippen LogP contribution in [0.4, 0.5) is 0 Å². The van der Waals surface area contributed by atoms with Gasteiger partial charge in [0.2, 0.25) is 0 Å². The van der Waals surface area contributed by atoms with Crippen LogP contribution >= 0.6 is 11.6 Å². The van der Waals surface area contributed by atoms with E-state index in [-0.39, 0.29) is 0 Å². The molecule has 5 nitrogen and oxygen atoms in total. The van der Waals surface area contributed by atoms with E-state index in [0.29, 0.717) is 40.6 Å². The number of fused-ring (bicyclic) bond motifs is 1. The van der Waals surface area contributed by atoms with Crippen LogP contribution in [-0.4, -0.2) is 26.8 Å². The number of pyridine rings is 1. The Labute approximate surface area is 134 Å². The molecule has 0 unspecified atom stereocenters. The lowest BCUT2D eigenvalue weighted by Gasteiger charge is -2.11. The monoisotopic (exact) mass is 324 g/mol. The minimum absolute atomic E-state index is 0.292. The van der Waals surface area contributed by atoms with Crippen molar-refractivity contribution in [1.82, 2.24) is 0 Å². The summed E-state index contributed by atoms with van der Waals surface area (Å²) in [5, 5.41) is 1.01. The molecule has 0 saturated heterocycles. The summed E-state index contributed by atoms with van der Waals surface area (Å²) in [6, 6.07) is 3.57. The van der Waals surface area contributed by atoms with Crippen molar-refractivity contribution in [2.75, 3.05) is 20.8 Å². The summed E-state index contributed by atoms with van der Waals surface area (Å²) in [6.07, 6.45) is 1.69. The molecule has 0 aliphatic rings. The number of hydrogen-bond donors (Lipinski definition) is 0. The summed E-state index contributed by atoms with van der Waals surface area (Å²) in [5.74, 6) is 0.793. The smallest absolute Gasteiger partial charge is 0.345 e. The van der Waals surface area contributed by atoms with Gasteiger partial charge in [0, 0.05) is 6.07 Å². The van der Waals surface area contributed by atoms with E-state index in [9.17, 15) is 4.79 Å². The third kappa shape index (κ3) is 2.81. The van der Waals surface area contributed by atoms with Crippen LogP contribution < -0.4 is 14.0 Å². The molecule has 1 heterocycles. The summed E-state index contributed by atoms with van der Waals surface area (Å²) in [5.41, 5.74) is 1.14. The summed E-state index contributed by atoms with van der Waals surface area (Å²) in [7, 11) is 3.15. The number of hydrogen-bond acceptors (Lipinski definition) is 4. The quantitative estimate of drug-likeness (QED) is 0.626. The number of esters is 1. The maximum Gasteiger partial charge on any atom is 0.345 e. The average molecular weight is 325 g/mol. The van der Waals surface area contributed by atoms with Gasteiger partial charge in [-0.1, -0.05) is 11.6 Å². The first kappa shape index (κ1) is 16.4. The van der Waals surface area contributed by atoms with Gasteiger partial charge in [-0.15, -0.1) is 0 Å². The normalized spacial score (nSPS) is 10.6. The van der Waals surface area contributed by atoms with Gasteiger partial charge in [0.1, 0.15) is 17.9 Å². The Morgan fingerprint density at radius 2 is 1.95 bits per heavy atom. The van der Waals surface area contributed by atoms with Crippen LogP contribution in [0.1, 0.15) is 24.2 Å². The van der Waals surface area contributed by atoms with Gasteiger partial charge in [0.05, 0.1) is 31.2 Å². The lowest BCUT2D eigenvalue weighted by atomic mass is 10.1. The first-order chi connectivity index (χ1) is 10.6. The fraction of sp³-hybridized carbons (Fsp3) is 0.375. The Morgan fingerprint density at radius 3 is 2.50 bits per heavy atom. The van der Waals surface area contributed by atoms with Crippen molar-refractivity contribution in [2.45, 2.75) is 20.4 Å². The predicted octanol–water partition coefficient (Wildman–Crippen LogP) is 2.99. The SMILES string of the molecule is CCOC(=O)c1c[n+](CC)c2c(OC)cc(OC)cc2c1Cl. The summed E-state index contributed by atoms with van der Waals surface area (Å²) < 4.78 is 17.7. The number of rotatable bonds is 5. The third-order valence-corrected chi connectivity index (χ3v) is 3.79. The highest BCUT2D eigenvalue weighted by Crippen LogP contribution is 2.34. The van der Waals surface area contributed by atoms with Crippen LogP contribution in [-0.2, 0) is 11.3 Å². The molecule has 2 aromatic rings. The van der Waals surface area contributed by atoms with Crippen molar-refractivity contribution < 1.29 is 23.6 Å². The zero-order chi connectivity index (χ0) is 16.3. The number of carbonyl (C=O) groups excluding carboxylic acids is 1. The maximum atomic E-state index is 12.1. The topological polar surface area (TPSA) is 48.6 Å². The minimum Gasteiger partial charge on any atom is -0.497 e. The Balaban J connectivity index is 2.83. The van der Waals surface area contributed by atoms with Crippen LogP contribution in [0, 0.1) is 0 Å². The molecule has 0 atom stereocenters. The molecule has 0 aliphatic carbocycles. The van der Waals surface area contributed by atoms with Crippen molar-refractivity contribution >= 4 is 28.5 Å². The van der Waals surface area contributed by atoms with Gasteiger partial charge < -0.3 is 14.2 Å². The fourth-order valence-corrected chi connectivity index (χ4v) is 2.61. The number of nitrogens with zero attached hydrogens (tertiary/aromatic N) is 1. The van der Waals surface area contributed by atoms with E-state index in [1.807, 2.05) is 11.5 Å². The second-order valence-corrected chi connectivity index (χ2v) is 4.97. The highest BCUT2D eigenvalue weighted by molar-refractivity contribution is 6.38. The lowest BCUT2D eigenvalue weighted by Crippen LogP contribution is -2.35. The van der Waals surface area contributed by atoms with Crippen LogP contribution in [0.3, 0.4) is 0 Å². The number of halogens is 1. The molecule has 2 rings (SSSR count). The van der Waals surface area contributed by atoms with E-state index in [1.165, 1.54) is 0 Å². The summed E-state index contributed by atoms with van der Waals surface area (Å²) in [6.45, 7) is 4.68. The second-order valence-electron chi connectivity index (χ2n) is 4.59. The van der Waals surface area contributed by atoms with E-state index < -0.39 is 5.97 Å². The van der Waals surface area contributed by atoms with E-state index >= 15 is 0 Å². The van der Waals surface area contributed by atoms with Crippen molar-refractivity contribution in [1.29, 1.82) is 0 Å². The Morgan fingerprint density at radius 1 is 1.23 bits per heavy atom. The van der Waals surface area contributed by atoms with E-state index in [2.05, 4.69) is 0 Å². The molecule has 1 aromatic heterocycles. The molecule has 0 spiro atoms. The molecule has 0 amide bonds. The number of benzene rings is 1. The highest BCUT2D eigenvalue weighted by atomic mass is 35.5. The Bertz CT molecular complexity index is 715. The molecule has 6 heteroatoms. The summed E-state index contributed by atoms with van der Waals surface area (Å²) >= 11 is 6.43. The lowest BCUT2D eigenvalue weighted by molar-refractivity contribution is -0.668. The van der Waals surface area contributed by atoms with Gasteiger partial charge in [-0.05, 0) is 19.9 Å². The standard InChI is InChI=1S/C16H19ClNO4/c1-5-18-9-12(16(19)22-6-2)14(17)11-7-10(20-3)8-13(21-4)15(11)18/h7-9H,5-6H2,1-4H3/q+1. The van der Waals surface area contributed by atoms with E-state index in [4.69, 9.17) is 25.8 Å². The molecule has 1 aromatic carbocycles. The maximum absolute atomic E-state index is 12.1. The van der Waals surface area contributed by atoms with Crippen LogP contribution in [0.25, 0.3) is 10.9 Å². The zero-order valence-corrected chi connectivity index (χ0v) is 13.9. The largest absolute Gasteiger partial charge is 0.497 e. The Hall–Kier alpha value is -2.01. The molecular formula is C16H19ClNO4+. The Kier molecular flexibility index (Phi) is 5.08. The number of aromatic nitrogens is 1. The minimum atomic E-state index is -0.446. The van der Waals surface area contributed by atoms with Crippen LogP contribution in [0.2, 0.25) is 5.02 Å². The van der Waals surface area contributed by atoms with Gasteiger partial charge in [0.25, 0.3) is 5.52 Å². The van der Waals surface area contributed by atoms with E-state index in [0.717, 1.165) is 5.52 Å². The molecule has 0 saturated carbocycles. The predicted molar refractivity (Wildman–Crippen MR) is 83.9 cm³/mol. The molecule has 0 aliphatic heterocycles. The molecule has 0 radical (unpaired) electrons. The molecule has 0 fully saturated rings. The van der Waals surface area contributed by atoms with Crippen LogP contribution in [0.5, 0.6) is 11.5 Å². The second kappa shape index (κ2) is 6.83. The molecule has 22 heavy (non-hydrogen) atoms. The molecule has 0 bridgehead atoms. The first-order valence-electron chi connectivity index (χ1n) is 7.02. The number of aryl methyl sites for hydroxylation is 1. The first-order valence-corrected chi connectivity index (χ1v) is 7.39. The van der Waals surface area contributed by atoms with Gasteiger partial charge in [-0.2, -0.15) is 4.57 Å². The van der Waals surface area contributed by atoms with Gasteiger partial charge in [-0.25, -0.2) is 4.79 Å². The van der Waals surface area contributed by atoms with Gasteiger partial charge >= 0.3 is 5.97 Å². The number of carbonyl (C=O) groups is 1. The van der Waals surface area contributed by atoms with Crippen molar-refractivity contribution in [3.63, 3.8) is 0 Å². The van der Waals surface area contributed by atoms with Gasteiger partial charge in [0.15, 0.2) is 11.9 Å². The molecular weight excluding hydrogens is 306 g/mol. The molecule has 0 N–H and O–H groups in total. The number of ether oxygens (including phenoxy) is 3. The third-order valence-electron chi connectivity index (χ3n) is 3.39. The summed E-state index contributed by atoms with van der Waals surface area (Å²) in [4.78, 5) is 12.1. The fourth-order valence-electron chi connectivity index (χ4n) is 2.34. The number of methoxy groups -OCH3 is 2. The molecule has 118 valence electrons. The highest BCUT2D eigenvalue weighted by Gasteiger charge is 2.25. The van der Waals surface area contributed by atoms with Crippen molar-refractivity contribution in [3.05, 3.63) is 28.9 Å². The van der Waals surface area contributed by atoms with E-state index in [1.54, 1.807) is 39.5 Å². The van der Waals surface area contributed by atoms with Crippen molar-refractivity contribution in [2.24, 2.45) is 0 Å². The van der Waals surface area contributed by atoms with Gasteiger partial charge in [-0.3, -0.25) is 0 Å².